The minimum Gasteiger partial charge on any atom is -0.393 e. The predicted molar refractivity (Wildman–Crippen MR) is 97.2 cm³/mol. The quantitative estimate of drug-likeness (QED) is 0.592. The summed E-state index contributed by atoms with van der Waals surface area (Å²) in [5.74, 6) is -2.64. The molecule has 3 atom stereocenters. The van der Waals surface area contributed by atoms with Crippen LogP contribution in [0.1, 0.15) is 18.4 Å². The molecule has 0 fully saturated rings. The van der Waals surface area contributed by atoms with Crippen molar-refractivity contribution in [3.8, 4) is 0 Å². The van der Waals surface area contributed by atoms with Crippen LogP contribution in [-0.4, -0.2) is 36.7 Å². The molecule has 140 valence electrons. The fraction of sp³-hybridized carbons (Fsp3) is 0.333. The van der Waals surface area contributed by atoms with E-state index in [1.807, 2.05) is 30.3 Å². The summed E-state index contributed by atoms with van der Waals surface area (Å²) >= 11 is 0. The van der Waals surface area contributed by atoms with Crippen molar-refractivity contribution in [2.75, 3.05) is 0 Å². The molecule has 0 aliphatic carbocycles. The highest BCUT2D eigenvalue weighted by molar-refractivity contribution is 7.95. The Balaban J connectivity index is 2.10. The summed E-state index contributed by atoms with van der Waals surface area (Å²) in [6.45, 7) is 0. The van der Waals surface area contributed by atoms with Crippen LogP contribution in [0, 0.1) is 5.92 Å². The van der Waals surface area contributed by atoms with Crippen LogP contribution in [0.25, 0.3) is 0 Å². The molecule has 1 aliphatic rings. The Bertz CT molecular complexity index is 830. The lowest BCUT2D eigenvalue weighted by molar-refractivity contribution is -0.121. The minimum absolute atomic E-state index is 0.0316. The zero-order chi connectivity index (χ0) is 19.3. The molecular formula is C18H22N2O5S. The normalized spacial score (nSPS) is 20.8. The van der Waals surface area contributed by atoms with Gasteiger partial charge < -0.3 is 16.6 Å². The first-order valence-electron chi connectivity index (χ1n) is 8.15. The second kappa shape index (κ2) is 8.29. The van der Waals surface area contributed by atoms with Crippen LogP contribution in [0.3, 0.4) is 0 Å². The molecule has 0 spiro atoms. The summed E-state index contributed by atoms with van der Waals surface area (Å²) in [6.07, 6.45) is 2.63. The number of benzene rings is 1. The van der Waals surface area contributed by atoms with Crippen molar-refractivity contribution in [3.63, 3.8) is 0 Å². The van der Waals surface area contributed by atoms with Gasteiger partial charge >= 0.3 is 0 Å². The van der Waals surface area contributed by atoms with Crippen molar-refractivity contribution in [2.45, 2.75) is 30.6 Å². The van der Waals surface area contributed by atoms with Gasteiger partial charge in [0.05, 0.1) is 12.0 Å². The molecule has 26 heavy (non-hydrogen) atoms. The molecule has 1 unspecified atom stereocenters. The Labute approximate surface area is 152 Å². The number of primary amides is 2. The Morgan fingerprint density at radius 3 is 2.38 bits per heavy atom. The standard InChI is InChI=1S/C18H22N2O5S/c19-17(22)15(11-14(21)7-6-12-4-2-1-3-5-12)13-8-9-26(24,25)16(10-13)18(20)23/h1-5,8-10,14-16,21H,6-7,11H2,(H2,19,22)(H2,20,23)/t14-,15-,16?/m0/s1. The number of allylic oxidation sites excluding steroid dienone is 1. The van der Waals surface area contributed by atoms with Gasteiger partial charge in [0, 0.05) is 5.41 Å². The van der Waals surface area contributed by atoms with E-state index in [-0.39, 0.29) is 12.0 Å². The molecule has 2 amide bonds. The number of carbonyl (C=O) groups is 2. The average Bonchev–Trinajstić information content (AvgIpc) is 2.58. The van der Waals surface area contributed by atoms with Crippen molar-refractivity contribution in [3.05, 3.63) is 59.0 Å². The van der Waals surface area contributed by atoms with Crippen molar-refractivity contribution in [1.29, 1.82) is 0 Å². The fourth-order valence-electron chi connectivity index (χ4n) is 2.84. The van der Waals surface area contributed by atoms with E-state index in [0.29, 0.717) is 12.8 Å². The summed E-state index contributed by atoms with van der Waals surface area (Å²) in [5.41, 5.74) is 11.9. The molecular weight excluding hydrogens is 356 g/mol. The highest BCUT2D eigenvalue weighted by Gasteiger charge is 2.33. The molecule has 1 aromatic carbocycles. The van der Waals surface area contributed by atoms with Gasteiger partial charge in [-0.1, -0.05) is 36.4 Å². The van der Waals surface area contributed by atoms with Crippen LogP contribution in [0.15, 0.2) is 53.5 Å². The predicted octanol–water partition coefficient (Wildman–Crippen LogP) is 0.194. The molecule has 0 saturated carbocycles. The first-order chi connectivity index (χ1) is 12.2. The van der Waals surface area contributed by atoms with Crippen LogP contribution < -0.4 is 11.5 Å². The van der Waals surface area contributed by atoms with E-state index in [0.717, 1.165) is 17.0 Å². The minimum atomic E-state index is -3.84. The molecule has 0 bridgehead atoms. The van der Waals surface area contributed by atoms with E-state index in [1.54, 1.807) is 0 Å². The third kappa shape index (κ3) is 5.03. The Morgan fingerprint density at radius 1 is 1.15 bits per heavy atom. The Hall–Kier alpha value is -2.45. The van der Waals surface area contributed by atoms with Gasteiger partial charge in [-0.15, -0.1) is 0 Å². The second-order valence-electron chi connectivity index (χ2n) is 6.25. The summed E-state index contributed by atoms with van der Waals surface area (Å²) in [7, 11) is -3.84. The first-order valence-corrected chi connectivity index (χ1v) is 9.76. The molecule has 1 heterocycles. The zero-order valence-electron chi connectivity index (χ0n) is 14.1. The lowest BCUT2D eigenvalue weighted by atomic mass is 9.89. The van der Waals surface area contributed by atoms with Gasteiger partial charge in [-0.3, -0.25) is 9.59 Å². The van der Waals surface area contributed by atoms with Crippen LogP contribution in [-0.2, 0) is 25.8 Å². The number of aliphatic hydroxyl groups is 1. The maximum Gasteiger partial charge on any atom is 0.240 e. The molecule has 0 aromatic heterocycles. The van der Waals surface area contributed by atoms with E-state index in [9.17, 15) is 23.1 Å². The van der Waals surface area contributed by atoms with Crippen molar-refractivity contribution < 1.29 is 23.1 Å². The summed E-state index contributed by atoms with van der Waals surface area (Å²) in [4.78, 5) is 23.2. The van der Waals surface area contributed by atoms with Crippen molar-refractivity contribution in [1.82, 2.24) is 0 Å². The third-order valence-corrected chi connectivity index (χ3v) is 5.88. The highest BCUT2D eigenvalue weighted by Crippen LogP contribution is 2.26. The number of amides is 2. The topological polar surface area (TPSA) is 141 Å². The fourth-order valence-corrected chi connectivity index (χ4v) is 4.03. The summed E-state index contributed by atoms with van der Waals surface area (Å²) in [6, 6.07) is 9.57. The first kappa shape index (κ1) is 19.9. The second-order valence-corrected chi connectivity index (χ2v) is 8.21. The van der Waals surface area contributed by atoms with E-state index < -0.39 is 38.9 Å². The molecule has 5 N–H and O–H groups in total. The maximum atomic E-state index is 11.8. The molecule has 7 nitrogen and oxygen atoms in total. The van der Waals surface area contributed by atoms with Crippen LogP contribution in [0.5, 0.6) is 0 Å². The lowest BCUT2D eigenvalue weighted by Gasteiger charge is -2.22. The highest BCUT2D eigenvalue weighted by atomic mass is 32.2. The van der Waals surface area contributed by atoms with Gasteiger partial charge in [0.1, 0.15) is 0 Å². The van der Waals surface area contributed by atoms with Gasteiger partial charge in [0.15, 0.2) is 15.1 Å². The van der Waals surface area contributed by atoms with Crippen LogP contribution >= 0.6 is 0 Å². The number of aliphatic hydroxyl groups excluding tert-OH is 1. The number of sulfone groups is 1. The molecule has 2 rings (SSSR count). The Morgan fingerprint density at radius 2 is 1.81 bits per heavy atom. The Kier molecular flexibility index (Phi) is 6.33. The van der Waals surface area contributed by atoms with Crippen molar-refractivity contribution >= 4 is 21.7 Å². The van der Waals surface area contributed by atoms with Crippen LogP contribution in [0.4, 0.5) is 0 Å². The van der Waals surface area contributed by atoms with Gasteiger partial charge in [-0.05, 0) is 36.5 Å². The van der Waals surface area contributed by atoms with E-state index in [2.05, 4.69) is 0 Å². The largest absolute Gasteiger partial charge is 0.393 e. The molecule has 1 aliphatic heterocycles. The van der Waals surface area contributed by atoms with E-state index >= 15 is 0 Å². The number of hydrogen-bond acceptors (Lipinski definition) is 5. The number of carbonyl (C=O) groups excluding carboxylic acids is 2. The van der Waals surface area contributed by atoms with Gasteiger partial charge in [-0.2, -0.15) is 0 Å². The van der Waals surface area contributed by atoms with Crippen molar-refractivity contribution in [2.24, 2.45) is 17.4 Å². The van der Waals surface area contributed by atoms with E-state index in [1.165, 1.54) is 6.08 Å². The van der Waals surface area contributed by atoms with Crippen LogP contribution in [0.2, 0.25) is 0 Å². The molecule has 0 saturated heterocycles. The van der Waals surface area contributed by atoms with Gasteiger partial charge in [-0.25, -0.2) is 8.42 Å². The molecule has 1 aromatic rings. The monoisotopic (exact) mass is 378 g/mol. The number of hydrogen-bond donors (Lipinski definition) is 3. The number of nitrogens with two attached hydrogens (primary N) is 2. The lowest BCUT2D eigenvalue weighted by Crippen LogP contribution is -2.37. The molecule has 8 heteroatoms. The van der Waals surface area contributed by atoms with E-state index in [4.69, 9.17) is 11.5 Å². The maximum absolute atomic E-state index is 11.8. The SMILES string of the molecule is NC(=O)C1C=C([C@H](C[C@@H](O)CCc2ccccc2)C(N)=O)C=CS1(=O)=O. The summed E-state index contributed by atoms with van der Waals surface area (Å²) < 4.78 is 23.7. The number of aryl methyl sites for hydroxylation is 1. The third-order valence-electron chi connectivity index (χ3n) is 4.29. The average molecular weight is 378 g/mol. The smallest absolute Gasteiger partial charge is 0.240 e. The van der Waals surface area contributed by atoms with Gasteiger partial charge in [0.2, 0.25) is 11.8 Å². The number of rotatable bonds is 8. The van der Waals surface area contributed by atoms with Gasteiger partial charge in [0.25, 0.3) is 0 Å². The summed E-state index contributed by atoms with van der Waals surface area (Å²) in [5, 5.41) is 9.58. The molecule has 0 radical (unpaired) electrons. The zero-order valence-corrected chi connectivity index (χ0v) is 14.9.